The predicted octanol–water partition coefficient (Wildman–Crippen LogP) is 6.15. The number of aromatic nitrogens is 2. The summed E-state index contributed by atoms with van der Waals surface area (Å²) in [4.78, 5) is 12.3. The molecule has 3 nitrogen and oxygen atoms in total. The van der Waals surface area contributed by atoms with Crippen LogP contribution in [0.15, 0.2) is 59.1 Å². The SMILES string of the molecule is Cc1nn(-c2cccc(Cl)c2)c(Cl)c1C=CC(=O)c1cccc(Br)c1. The first kappa shape index (κ1) is 17.9. The molecular formula is C19H13BrCl2N2O. The van der Waals surface area contributed by atoms with Gasteiger partial charge in [-0.1, -0.05) is 57.3 Å². The Labute approximate surface area is 164 Å². The van der Waals surface area contributed by atoms with Crippen LogP contribution in [-0.4, -0.2) is 15.6 Å². The van der Waals surface area contributed by atoms with Crippen molar-refractivity contribution in [3.05, 3.63) is 86.1 Å². The summed E-state index contributed by atoms with van der Waals surface area (Å²) in [5.74, 6) is -0.104. The first-order chi connectivity index (χ1) is 12.0. The van der Waals surface area contributed by atoms with Crippen molar-refractivity contribution in [2.24, 2.45) is 0 Å². The maximum Gasteiger partial charge on any atom is 0.185 e. The van der Waals surface area contributed by atoms with E-state index in [1.807, 2.05) is 31.2 Å². The Morgan fingerprint density at radius 2 is 1.92 bits per heavy atom. The summed E-state index contributed by atoms with van der Waals surface area (Å²) in [5, 5.41) is 5.47. The van der Waals surface area contributed by atoms with E-state index in [1.54, 1.807) is 35.0 Å². The van der Waals surface area contributed by atoms with Gasteiger partial charge in [0.25, 0.3) is 0 Å². The average Bonchev–Trinajstić information content (AvgIpc) is 2.87. The molecule has 1 aromatic heterocycles. The molecule has 25 heavy (non-hydrogen) atoms. The van der Waals surface area contributed by atoms with Crippen molar-refractivity contribution in [1.82, 2.24) is 9.78 Å². The fraction of sp³-hybridized carbons (Fsp3) is 0.0526. The molecule has 0 saturated carbocycles. The van der Waals surface area contributed by atoms with Gasteiger partial charge in [0.1, 0.15) is 5.15 Å². The zero-order valence-electron chi connectivity index (χ0n) is 13.2. The second kappa shape index (κ2) is 7.56. The summed E-state index contributed by atoms with van der Waals surface area (Å²) in [5.41, 5.74) is 2.79. The van der Waals surface area contributed by atoms with E-state index in [-0.39, 0.29) is 5.78 Å². The summed E-state index contributed by atoms with van der Waals surface area (Å²) in [6.45, 7) is 1.84. The molecule has 0 unspecified atom stereocenters. The average molecular weight is 436 g/mol. The molecule has 0 aliphatic carbocycles. The third-order valence-corrected chi connectivity index (χ3v) is 4.70. The number of rotatable bonds is 4. The van der Waals surface area contributed by atoms with Gasteiger partial charge in [-0.2, -0.15) is 5.10 Å². The second-order valence-electron chi connectivity index (χ2n) is 5.39. The number of hydrogen-bond acceptors (Lipinski definition) is 2. The molecular weight excluding hydrogens is 423 g/mol. The molecule has 0 saturated heterocycles. The van der Waals surface area contributed by atoms with Crippen LogP contribution < -0.4 is 0 Å². The first-order valence-corrected chi connectivity index (χ1v) is 8.99. The minimum Gasteiger partial charge on any atom is -0.289 e. The number of carbonyl (C=O) groups is 1. The van der Waals surface area contributed by atoms with Crippen molar-refractivity contribution in [3.8, 4) is 5.69 Å². The van der Waals surface area contributed by atoms with Gasteiger partial charge in [0.2, 0.25) is 0 Å². The highest BCUT2D eigenvalue weighted by molar-refractivity contribution is 9.10. The topological polar surface area (TPSA) is 34.9 Å². The highest BCUT2D eigenvalue weighted by atomic mass is 79.9. The van der Waals surface area contributed by atoms with Crippen LogP contribution in [0.1, 0.15) is 21.6 Å². The lowest BCUT2D eigenvalue weighted by Crippen LogP contribution is -1.96. The molecule has 2 aromatic carbocycles. The van der Waals surface area contributed by atoms with Gasteiger partial charge in [0, 0.05) is 20.6 Å². The third kappa shape index (κ3) is 4.03. The molecule has 3 rings (SSSR count). The number of hydrogen-bond donors (Lipinski definition) is 0. The maximum absolute atomic E-state index is 12.3. The summed E-state index contributed by atoms with van der Waals surface area (Å²) < 4.78 is 2.46. The summed E-state index contributed by atoms with van der Waals surface area (Å²) >= 11 is 15.9. The molecule has 6 heteroatoms. The molecule has 0 spiro atoms. The van der Waals surface area contributed by atoms with Gasteiger partial charge in [-0.15, -0.1) is 0 Å². The van der Waals surface area contributed by atoms with E-state index >= 15 is 0 Å². The molecule has 0 N–H and O–H groups in total. The zero-order valence-corrected chi connectivity index (χ0v) is 16.3. The molecule has 126 valence electrons. The lowest BCUT2D eigenvalue weighted by atomic mass is 10.1. The number of aryl methyl sites for hydroxylation is 1. The molecule has 0 fully saturated rings. The number of ketones is 1. The normalized spacial score (nSPS) is 11.2. The van der Waals surface area contributed by atoms with Crippen molar-refractivity contribution >= 4 is 51.0 Å². The molecule has 0 bridgehead atoms. The lowest BCUT2D eigenvalue weighted by Gasteiger charge is -2.03. The minimum absolute atomic E-state index is 0.104. The van der Waals surface area contributed by atoms with Crippen LogP contribution in [0.25, 0.3) is 11.8 Å². The Kier molecular flexibility index (Phi) is 5.42. The van der Waals surface area contributed by atoms with Gasteiger partial charge < -0.3 is 0 Å². The van der Waals surface area contributed by atoms with Crippen LogP contribution in [0.4, 0.5) is 0 Å². The highest BCUT2D eigenvalue weighted by Gasteiger charge is 2.13. The Bertz CT molecular complexity index is 979. The predicted molar refractivity (Wildman–Crippen MR) is 106 cm³/mol. The van der Waals surface area contributed by atoms with Crippen LogP contribution >= 0.6 is 39.1 Å². The van der Waals surface area contributed by atoms with E-state index in [9.17, 15) is 4.79 Å². The summed E-state index contributed by atoms with van der Waals surface area (Å²) in [7, 11) is 0. The van der Waals surface area contributed by atoms with E-state index in [0.29, 0.717) is 21.3 Å². The number of allylic oxidation sites excluding steroid dienone is 1. The Morgan fingerprint density at radius 1 is 1.16 bits per heavy atom. The zero-order chi connectivity index (χ0) is 18.0. The third-order valence-electron chi connectivity index (χ3n) is 3.61. The molecule has 0 radical (unpaired) electrons. The van der Waals surface area contributed by atoms with Gasteiger partial charge in [0.05, 0.1) is 11.4 Å². The molecule has 0 aliphatic heterocycles. The van der Waals surface area contributed by atoms with Crippen LogP contribution in [0.5, 0.6) is 0 Å². The molecule has 0 aliphatic rings. The Balaban J connectivity index is 1.92. The lowest BCUT2D eigenvalue weighted by molar-refractivity contribution is 0.104. The second-order valence-corrected chi connectivity index (χ2v) is 7.10. The van der Waals surface area contributed by atoms with Crippen LogP contribution in [0, 0.1) is 6.92 Å². The van der Waals surface area contributed by atoms with Crippen molar-refractivity contribution in [1.29, 1.82) is 0 Å². The fourth-order valence-corrected chi connectivity index (χ4v) is 3.30. The number of halogens is 3. The van der Waals surface area contributed by atoms with E-state index in [2.05, 4.69) is 21.0 Å². The Hall–Kier alpha value is -1.88. The van der Waals surface area contributed by atoms with Gasteiger partial charge >= 0.3 is 0 Å². The highest BCUT2D eigenvalue weighted by Crippen LogP contribution is 2.26. The van der Waals surface area contributed by atoms with Crippen LogP contribution in [-0.2, 0) is 0 Å². The molecule has 1 heterocycles. The van der Waals surface area contributed by atoms with E-state index < -0.39 is 0 Å². The van der Waals surface area contributed by atoms with Crippen molar-refractivity contribution in [2.75, 3.05) is 0 Å². The van der Waals surface area contributed by atoms with Crippen LogP contribution in [0.3, 0.4) is 0 Å². The summed E-state index contributed by atoms with van der Waals surface area (Å²) in [6, 6.07) is 14.5. The molecule has 0 amide bonds. The van der Waals surface area contributed by atoms with Crippen molar-refractivity contribution < 1.29 is 4.79 Å². The Morgan fingerprint density at radius 3 is 2.64 bits per heavy atom. The maximum atomic E-state index is 12.3. The van der Waals surface area contributed by atoms with E-state index in [1.165, 1.54) is 6.08 Å². The molecule has 0 atom stereocenters. The van der Waals surface area contributed by atoms with Gasteiger partial charge in [-0.25, -0.2) is 4.68 Å². The smallest absolute Gasteiger partial charge is 0.185 e. The summed E-state index contributed by atoms with van der Waals surface area (Å²) in [6.07, 6.45) is 3.19. The largest absolute Gasteiger partial charge is 0.289 e. The number of carbonyl (C=O) groups excluding carboxylic acids is 1. The number of benzene rings is 2. The van der Waals surface area contributed by atoms with Crippen molar-refractivity contribution in [2.45, 2.75) is 6.92 Å². The standard InChI is InChI=1S/C19H13BrCl2N2O/c1-12-17(8-9-18(25)13-4-2-5-14(20)10-13)19(22)24(23-12)16-7-3-6-15(21)11-16/h2-11H,1H3. The first-order valence-electron chi connectivity index (χ1n) is 7.45. The number of nitrogens with zero attached hydrogens (tertiary/aromatic N) is 2. The van der Waals surface area contributed by atoms with E-state index in [0.717, 1.165) is 15.9 Å². The van der Waals surface area contributed by atoms with Gasteiger partial charge in [-0.3, -0.25) is 4.79 Å². The fourth-order valence-electron chi connectivity index (χ4n) is 2.38. The van der Waals surface area contributed by atoms with Crippen molar-refractivity contribution in [3.63, 3.8) is 0 Å². The molecule has 3 aromatic rings. The monoisotopic (exact) mass is 434 g/mol. The van der Waals surface area contributed by atoms with Gasteiger partial charge in [0.15, 0.2) is 5.78 Å². The quantitative estimate of drug-likeness (QED) is 0.364. The van der Waals surface area contributed by atoms with Gasteiger partial charge in [-0.05, 0) is 49.4 Å². The minimum atomic E-state index is -0.104. The van der Waals surface area contributed by atoms with E-state index in [4.69, 9.17) is 23.2 Å². The van der Waals surface area contributed by atoms with Crippen LogP contribution in [0.2, 0.25) is 10.2 Å².